The molecule has 0 atom stereocenters. The van der Waals surface area contributed by atoms with E-state index in [2.05, 4.69) is 59.9 Å². The Morgan fingerprint density at radius 2 is 2.00 bits per heavy atom. The summed E-state index contributed by atoms with van der Waals surface area (Å²) in [6.45, 7) is 12.7. The molecule has 1 aromatic carbocycles. The number of phenols is 1. The molecule has 136 valence electrons. The van der Waals surface area contributed by atoms with E-state index >= 15 is 0 Å². The molecule has 0 bridgehead atoms. The lowest BCUT2D eigenvalue weighted by Crippen LogP contribution is -2.44. The number of phenolic OH excluding ortho intramolecular Hbond substituents is 1. The minimum atomic E-state index is -2.00. The Hall–Kier alpha value is -1.80. The predicted octanol–water partition coefficient (Wildman–Crippen LogP) is 4.51. The van der Waals surface area contributed by atoms with Gasteiger partial charge in [0.15, 0.2) is 0 Å². The predicted molar refractivity (Wildman–Crippen MR) is 108 cm³/mol. The Morgan fingerprint density at radius 3 is 2.52 bits per heavy atom. The summed E-state index contributed by atoms with van der Waals surface area (Å²) in [4.78, 5) is 4.09. The number of anilines is 1. The van der Waals surface area contributed by atoms with Crippen molar-refractivity contribution in [3.63, 3.8) is 0 Å². The Balaban J connectivity index is 2.39. The van der Waals surface area contributed by atoms with Gasteiger partial charge < -0.3 is 15.3 Å². The quantitative estimate of drug-likeness (QED) is 0.558. The summed E-state index contributed by atoms with van der Waals surface area (Å²) in [5.74, 6) is 1.09. The maximum Gasteiger partial charge on any atom is 0.250 e. The van der Waals surface area contributed by atoms with Crippen LogP contribution in [0.5, 0.6) is 11.5 Å². The van der Waals surface area contributed by atoms with E-state index in [0.29, 0.717) is 15.8 Å². The monoisotopic (exact) mass is 424 g/mol. The standard InChI is InChI=1S/C17H25BrN4O2Si/c1-11-10-22(16(19)21-11)20-9-12-13(23)7-8-14(15(12)18)24-25(5,6)17(2,3)4/h7-10,23H,1-6H3,(H2,19,21). The Bertz CT molecular complexity index is 810. The van der Waals surface area contributed by atoms with Gasteiger partial charge in [0.1, 0.15) is 11.5 Å². The minimum absolute atomic E-state index is 0.0708. The van der Waals surface area contributed by atoms with Crippen LogP contribution in [-0.2, 0) is 0 Å². The normalized spacial score (nSPS) is 12.8. The van der Waals surface area contributed by atoms with E-state index in [4.69, 9.17) is 10.2 Å². The van der Waals surface area contributed by atoms with E-state index < -0.39 is 8.32 Å². The molecule has 0 radical (unpaired) electrons. The molecule has 25 heavy (non-hydrogen) atoms. The van der Waals surface area contributed by atoms with Crippen LogP contribution in [0.25, 0.3) is 0 Å². The number of halogens is 1. The van der Waals surface area contributed by atoms with Crippen LogP contribution in [0, 0.1) is 6.92 Å². The van der Waals surface area contributed by atoms with Crippen molar-refractivity contribution in [2.45, 2.75) is 45.8 Å². The third-order valence-electron chi connectivity index (χ3n) is 4.44. The summed E-state index contributed by atoms with van der Waals surface area (Å²) in [5, 5.41) is 14.6. The number of rotatable bonds is 4. The van der Waals surface area contributed by atoms with Gasteiger partial charge in [0.25, 0.3) is 8.32 Å². The SMILES string of the molecule is Cc1cn(N=Cc2c(O)ccc(O[Si](C)(C)C(C)(C)C)c2Br)c(N)n1. The average molecular weight is 425 g/mol. The van der Waals surface area contributed by atoms with Crippen LogP contribution < -0.4 is 10.2 Å². The first kappa shape index (κ1) is 19.5. The summed E-state index contributed by atoms with van der Waals surface area (Å²) in [5.41, 5.74) is 7.09. The van der Waals surface area contributed by atoms with Crippen molar-refractivity contribution in [1.29, 1.82) is 0 Å². The van der Waals surface area contributed by atoms with Crippen LogP contribution in [0.1, 0.15) is 32.0 Å². The molecule has 3 N–H and O–H groups in total. The molecule has 0 aliphatic carbocycles. The van der Waals surface area contributed by atoms with Gasteiger partial charge in [-0.15, -0.1) is 0 Å². The molecule has 1 aromatic heterocycles. The van der Waals surface area contributed by atoms with E-state index in [9.17, 15) is 5.11 Å². The molecule has 0 spiro atoms. The summed E-state index contributed by atoms with van der Waals surface area (Å²) < 4.78 is 8.47. The largest absolute Gasteiger partial charge is 0.543 e. The number of aromatic nitrogens is 2. The highest BCUT2D eigenvalue weighted by Gasteiger charge is 2.39. The second-order valence-corrected chi connectivity index (χ2v) is 13.0. The maximum absolute atomic E-state index is 10.2. The van der Waals surface area contributed by atoms with Crippen LogP contribution in [0.4, 0.5) is 5.95 Å². The number of benzene rings is 1. The number of aryl methyl sites for hydroxylation is 1. The Kier molecular flexibility index (Phi) is 5.34. The van der Waals surface area contributed by atoms with Gasteiger partial charge in [0, 0.05) is 0 Å². The molecule has 0 saturated heterocycles. The third-order valence-corrected chi connectivity index (χ3v) is 9.60. The van der Waals surface area contributed by atoms with Crippen molar-refractivity contribution >= 4 is 36.4 Å². The lowest BCUT2D eigenvalue weighted by Gasteiger charge is -2.36. The second-order valence-electron chi connectivity index (χ2n) is 7.50. The van der Waals surface area contributed by atoms with Crippen LogP contribution in [-0.4, -0.2) is 29.3 Å². The fraction of sp³-hybridized carbons (Fsp3) is 0.412. The van der Waals surface area contributed by atoms with Crippen molar-refractivity contribution in [2.24, 2.45) is 5.10 Å². The number of nitrogens with two attached hydrogens (primary N) is 1. The topological polar surface area (TPSA) is 85.7 Å². The summed E-state index contributed by atoms with van der Waals surface area (Å²) in [6.07, 6.45) is 3.25. The van der Waals surface area contributed by atoms with Crippen molar-refractivity contribution in [2.75, 3.05) is 5.73 Å². The zero-order chi connectivity index (χ0) is 19.0. The van der Waals surface area contributed by atoms with E-state index in [-0.39, 0.29) is 16.7 Å². The molecule has 0 unspecified atom stereocenters. The van der Waals surface area contributed by atoms with Crippen molar-refractivity contribution in [3.05, 3.63) is 34.1 Å². The molecule has 2 aromatic rings. The van der Waals surface area contributed by atoms with E-state index in [1.165, 1.54) is 10.9 Å². The number of nitrogens with zero attached hydrogens (tertiary/aromatic N) is 3. The van der Waals surface area contributed by atoms with Crippen molar-refractivity contribution in [3.8, 4) is 11.5 Å². The summed E-state index contributed by atoms with van der Waals surface area (Å²) in [6, 6.07) is 3.38. The van der Waals surface area contributed by atoms with Crippen molar-refractivity contribution in [1.82, 2.24) is 9.66 Å². The maximum atomic E-state index is 10.2. The van der Waals surface area contributed by atoms with E-state index in [1.807, 2.05) is 6.92 Å². The van der Waals surface area contributed by atoms with E-state index in [0.717, 1.165) is 5.69 Å². The smallest absolute Gasteiger partial charge is 0.250 e. The highest BCUT2D eigenvalue weighted by molar-refractivity contribution is 9.10. The zero-order valence-corrected chi connectivity index (χ0v) is 18.0. The molecule has 0 aliphatic rings. The number of nitrogen functional groups attached to an aromatic ring is 1. The van der Waals surface area contributed by atoms with Gasteiger partial charge in [-0.2, -0.15) is 5.10 Å². The molecule has 0 amide bonds. The first-order valence-electron chi connectivity index (χ1n) is 7.98. The first-order chi connectivity index (χ1) is 11.4. The van der Waals surface area contributed by atoms with Gasteiger partial charge in [-0.25, -0.2) is 9.66 Å². The molecule has 0 saturated carbocycles. The van der Waals surface area contributed by atoms with Gasteiger partial charge >= 0.3 is 0 Å². The van der Waals surface area contributed by atoms with E-state index in [1.54, 1.807) is 18.3 Å². The highest BCUT2D eigenvalue weighted by atomic mass is 79.9. The van der Waals surface area contributed by atoms with Crippen LogP contribution in [0.2, 0.25) is 18.1 Å². The van der Waals surface area contributed by atoms with Crippen LogP contribution in [0.15, 0.2) is 27.9 Å². The molecule has 0 aliphatic heterocycles. The van der Waals surface area contributed by atoms with Gasteiger partial charge in [-0.05, 0) is 53.1 Å². The van der Waals surface area contributed by atoms with Gasteiger partial charge in [0.05, 0.1) is 28.1 Å². The van der Waals surface area contributed by atoms with Crippen LogP contribution in [0.3, 0.4) is 0 Å². The second kappa shape index (κ2) is 6.84. The number of hydrogen-bond donors (Lipinski definition) is 2. The summed E-state index contributed by atoms with van der Waals surface area (Å²) >= 11 is 3.54. The third kappa shape index (κ3) is 4.24. The highest BCUT2D eigenvalue weighted by Crippen LogP contribution is 2.41. The van der Waals surface area contributed by atoms with Gasteiger partial charge in [-0.1, -0.05) is 20.8 Å². The molecule has 8 heteroatoms. The lowest BCUT2D eigenvalue weighted by atomic mass is 10.2. The van der Waals surface area contributed by atoms with Crippen LogP contribution >= 0.6 is 15.9 Å². The Labute approximate surface area is 158 Å². The fourth-order valence-electron chi connectivity index (χ4n) is 1.91. The van der Waals surface area contributed by atoms with Gasteiger partial charge in [-0.3, -0.25) is 0 Å². The Morgan fingerprint density at radius 1 is 1.36 bits per heavy atom. The zero-order valence-electron chi connectivity index (χ0n) is 15.5. The summed E-state index contributed by atoms with van der Waals surface area (Å²) in [7, 11) is -2.00. The van der Waals surface area contributed by atoms with Crippen molar-refractivity contribution < 1.29 is 9.53 Å². The molecular formula is C17H25BrN4O2Si. The number of hydrogen-bond acceptors (Lipinski definition) is 5. The number of imidazole rings is 1. The molecule has 6 nitrogen and oxygen atoms in total. The van der Waals surface area contributed by atoms with Gasteiger partial charge in [0.2, 0.25) is 5.95 Å². The first-order valence-corrected chi connectivity index (χ1v) is 11.7. The average Bonchev–Trinajstić information content (AvgIpc) is 2.79. The molecule has 0 fully saturated rings. The lowest BCUT2D eigenvalue weighted by molar-refractivity contribution is 0.466. The fourth-order valence-corrected chi connectivity index (χ4v) is 3.60. The minimum Gasteiger partial charge on any atom is -0.543 e. The number of aromatic hydroxyl groups is 1. The molecule has 1 heterocycles. The molecule has 2 rings (SSSR count). The molecular weight excluding hydrogens is 400 g/mol.